The fourth-order valence-electron chi connectivity index (χ4n) is 3.08. The van der Waals surface area contributed by atoms with Gasteiger partial charge < -0.3 is 15.8 Å². The maximum absolute atomic E-state index is 13.2. The van der Waals surface area contributed by atoms with Crippen LogP contribution < -0.4 is 20.5 Å². The van der Waals surface area contributed by atoms with E-state index in [0.717, 1.165) is 18.2 Å². The number of ether oxygens (including phenoxy) is 1. The minimum Gasteiger partial charge on any atom is -0.404 e. The third kappa shape index (κ3) is 4.37. The number of hydrogen-bond acceptors (Lipinski definition) is 5. The molecular weight excluding hydrogens is 402 g/mol. The molecule has 2 aromatic carbocycles. The molecule has 0 amide bonds. The van der Waals surface area contributed by atoms with Crippen LogP contribution in [-0.4, -0.2) is 27.9 Å². The summed E-state index contributed by atoms with van der Waals surface area (Å²) in [5.74, 6) is -1.15. The molecule has 6 nitrogen and oxygen atoms in total. The minimum absolute atomic E-state index is 0.266. The molecule has 1 aliphatic rings. The highest BCUT2D eigenvalue weighted by Crippen LogP contribution is 2.33. The smallest absolute Gasteiger partial charge is 0.404 e. The molecule has 2 aromatic rings. The van der Waals surface area contributed by atoms with Crippen molar-refractivity contribution in [1.82, 2.24) is 10.0 Å². The summed E-state index contributed by atoms with van der Waals surface area (Å²) < 4.78 is 82.3. The van der Waals surface area contributed by atoms with Crippen LogP contribution in [0.2, 0.25) is 0 Å². The average Bonchev–Trinajstić information content (AvgIpc) is 3.05. The maximum atomic E-state index is 13.2. The number of alkyl halides is 3. The number of hydrogen-bond donors (Lipinski definition) is 3. The molecule has 0 spiro atoms. The van der Waals surface area contributed by atoms with E-state index in [-0.39, 0.29) is 11.4 Å². The zero-order valence-electron chi connectivity index (χ0n) is 14.4. The summed E-state index contributed by atoms with van der Waals surface area (Å²) >= 11 is 0. The first-order chi connectivity index (χ1) is 13.0. The normalized spacial score (nSPS) is 20.3. The van der Waals surface area contributed by atoms with Gasteiger partial charge in [-0.1, -0.05) is 12.1 Å². The lowest BCUT2D eigenvalue weighted by atomic mass is 9.90. The highest BCUT2D eigenvalue weighted by atomic mass is 32.2. The van der Waals surface area contributed by atoms with E-state index in [1.165, 1.54) is 24.3 Å². The van der Waals surface area contributed by atoms with Crippen LogP contribution in [0, 0.1) is 5.82 Å². The molecule has 1 aliphatic heterocycles. The van der Waals surface area contributed by atoms with Gasteiger partial charge in [0.1, 0.15) is 5.82 Å². The lowest BCUT2D eigenvalue weighted by Crippen LogP contribution is -2.47. The summed E-state index contributed by atoms with van der Waals surface area (Å²) in [6.45, 7) is 0.795. The number of anilines is 1. The van der Waals surface area contributed by atoms with Gasteiger partial charge >= 0.3 is 6.36 Å². The van der Waals surface area contributed by atoms with E-state index in [1.807, 2.05) is 0 Å². The summed E-state index contributed by atoms with van der Waals surface area (Å²) in [7, 11) is -4.14. The van der Waals surface area contributed by atoms with Crippen LogP contribution in [0.1, 0.15) is 12.0 Å². The zero-order valence-corrected chi connectivity index (χ0v) is 15.2. The predicted octanol–water partition coefficient (Wildman–Crippen LogP) is 2.47. The quantitative estimate of drug-likeness (QED) is 0.512. The second-order valence-corrected chi connectivity index (χ2v) is 8.05. The van der Waals surface area contributed by atoms with Crippen molar-refractivity contribution in [2.45, 2.75) is 23.2 Å². The van der Waals surface area contributed by atoms with Crippen molar-refractivity contribution in [3.05, 3.63) is 53.8 Å². The molecule has 0 unspecified atom stereocenters. The SMILES string of the molecule is Nc1cc(S(=O)(=O)N[C@@]2(c3ccc(F)cc3)CCNC2)ccc1OC(F)(F)F. The van der Waals surface area contributed by atoms with Crippen LogP contribution in [0.5, 0.6) is 5.75 Å². The van der Waals surface area contributed by atoms with E-state index in [9.17, 15) is 26.0 Å². The Morgan fingerprint density at radius 1 is 1.14 bits per heavy atom. The van der Waals surface area contributed by atoms with Crippen molar-refractivity contribution in [1.29, 1.82) is 0 Å². The molecule has 0 saturated carbocycles. The summed E-state index contributed by atoms with van der Waals surface area (Å²) in [5.41, 5.74) is 4.59. The topological polar surface area (TPSA) is 93.5 Å². The Bertz CT molecular complexity index is 957. The van der Waals surface area contributed by atoms with E-state index >= 15 is 0 Å². The lowest BCUT2D eigenvalue weighted by molar-refractivity contribution is -0.274. The number of nitrogens with one attached hydrogen (secondary N) is 2. The first-order valence-electron chi connectivity index (χ1n) is 8.17. The van der Waals surface area contributed by atoms with Gasteiger partial charge in [-0.3, -0.25) is 0 Å². The number of nitrogens with two attached hydrogens (primary N) is 1. The van der Waals surface area contributed by atoms with Crippen molar-refractivity contribution < 1.29 is 30.7 Å². The minimum atomic E-state index is -4.95. The predicted molar refractivity (Wildman–Crippen MR) is 93.4 cm³/mol. The average molecular weight is 419 g/mol. The highest BCUT2D eigenvalue weighted by molar-refractivity contribution is 7.89. The Morgan fingerprint density at radius 3 is 2.36 bits per heavy atom. The first kappa shape index (κ1) is 20.4. The molecule has 28 heavy (non-hydrogen) atoms. The standard InChI is InChI=1S/C17H17F4N3O3S/c18-12-3-1-11(2-4-12)16(7-8-23-10-16)24-28(25,26)13-5-6-15(14(22)9-13)27-17(19,20)21/h1-6,9,23-24H,7-8,10,22H2/t16-/m0/s1. The second kappa shape index (κ2) is 7.22. The van der Waals surface area contributed by atoms with Gasteiger partial charge in [-0.15, -0.1) is 13.2 Å². The number of nitrogen functional groups attached to an aromatic ring is 1. The van der Waals surface area contributed by atoms with Gasteiger partial charge in [0, 0.05) is 6.54 Å². The molecule has 4 N–H and O–H groups in total. The summed E-state index contributed by atoms with van der Waals surface area (Å²) in [5, 5.41) is 3.06. The van der Waals surface area contributed by atoms with E-state index < -0.39 is 39.2 Å². The van der Waals surface area contributed by atoms with Crippen LogP contribution >= 0.6 is 0 Å². The molecule has 0 bridgehead atoms. The Hall–Kier alpha value is -2.37. The molecule has 1 saturated heterocycles. The molecule has 152 valence electrons. The van der Waals surface area contributed by atoms with Gasteiger partial charge in [0.25, 0.3) is 0 Å². The third-order valence-corrected chi connectivity index (χ3v) is 5.93. The Labute approximate surface area is 158 Å². The van der Waals surface area contributed by atoms with Crippen molar-refractivity contribution in [2.24, 2.45) is 0 Å². The number of rotatable bonds is 5. The van der Waals surface area contributed by atoms with Gasteiger partial charge in [0.05, 0.1) is 16.1 Å². The van der Waals surface area contributed by atoms with Crippen LogP contribution in [0.4, 0.5) is 23.2 Å². The monoisotopic (exact) mass is 419 g/mol. The van der Waals surface area contributed by atoms with E-state index in [0.29, 0.717) is 18.5 Å². The molecule has 1 fully saturated rings. The summed E-state index contributed by atoms with van der Waals surface area (Å²) in [4.78, 5) is -0.312. The Kier molecular flexibility index (Phi) is 5.26. The molecule has 1 heterocycles. The van der Waals surface area contributed by atoms with E-state index in [2.05, 4.69) is 14.8 Å². The second-order valence-electron chi connectivity index (χ2n) is 6.37. The highest BCUT2D eigenvalue weighted by Gasteiger charge is 2.40. The summed E-state index contributed by atoms with van der Waals surface area (Å²) in [6.07, 6.45) is -4.54. The number of halogens is 4. The molecule has 3 rings (SSSR count). The lowest BCUT2D eigenvalue weighted by Gasteiger charge is -2.30. The van der Waals surface area contributed by atoms with Crippen molar-refractivity contribution >= 4 is 15.7 Å². The molecule has 1 atom stereocenters. The molecule has 0 aliphatic carbocycles. The largest absolute Gasteiger partial charge is 0.573 e. The Balaban J connectivity index is 1.91. The van der Waals surface area contributed by atoms with Gasteiger partial charge in [-0.05, 0) is 48.9 Å². The number of sulfonamides is 1. The Morgan fingerprint density at radius 2 is 1.82 bits per heavy atom. The van der Waals surface area contributed by atoms with Gasteiger partial charge in [-0.2, -0.15) is 4.72 Å². The van der Waals surface area contributed by atoms with Crippen LogP contribution in [0.25, 0.3) is 0 Å². The van der Waals surface area contributed by atoms with Crippen molar-refractivity contribution in [3.8, 4) is 5.75 Å². The van der Waals surface area contributed by atoms with Crippen molar-refractivity contribution in [2.75, 3.05) is 18.8 Å². The number of benzene rings is 2. The zero-order chi connectivity index (χ0) is 20.6. The van der Waals surface area contributed by atoms with E-state index in [4.69, 9.17) is 5.73 Å². The summed E-state index contributed by atoms with van der Waals surface area (Å²) in [6, 6.07) is 8.13. The van der Waals surface area contributed by atoms with Crippen LogP contribution in [0.3, 0.4) is 0 Å². The molecular formula is C17H17F4N3O3S. The van der Waals surface area contributed by atoms with Crippen molar-refractivity contribution in [3.63, 3.8) is 0 Å². The molecule has 11 heteroatoms. The van der Waals surface area contributed by atoms with Crippen LogP contribution in [0.15, 0.2) is 47.4 Å². The fraction of sp³-hybridized carbons (Fsp3) is 0.294. The third-order valence-electron chi connectivity index (χ3n) is 4.40. The fourth-order valence-corrected chi connectivity index (χ4v) is 4.53. The van der Waals surface area contributed by atoms with Gasteiger partial charge in [0.2, 0.25) is 10.0 Å². The molecule has 0 aromatic heterocycles. The van der Waals surface area contributed by atoms with Gasteiger partial charge in [0.15, 0.2) is 5.75 Å². The van der Waals surface area contributed by atoms with E-state index in [1.54, 1.807) is 0 Å². The maximum Gasteiger partial charge on any atom is 0.573 e. The molecule has 0 radical (unpaired) electrons. The first-order valence-corrected chi connectivity index (χ1v) is 9.65. The van der Waals surface area contributed by atoms with Gasteiger partial charge in [-0.25, -0.2) is 12.8 Å². The van der Waals surface area contributed by atoms with Crippen LogP contribution in [-0.2, 0) is 15.6 Å².